The van der Waals surface area contributed by atoms with Crippen molar-refractivity contribution in [3.05, 3.63) is 28.9 Å². The Morgan fingerprint density at radius 3 is 2.68 bits per heavy atom. The maximum absolute atomic E-state index is 6.11. The molecule has 0 bridgehead atoms. The molecule has 0 aliphatic rings. The van der Waals surface area contributed by atoms with E-state index in [0.717, 1.165) is 12.1 Å². The van der Waals surface area contributed by atoms with E-state index in [1.165, 1.54) is 0 Å². The monoisotopic (exact) mass is 280 g/mol. The van der Waals surface area contributed by atoms with Gasteiger partial charge in [0, 0.05) is 18.0 Å². The molecule has 6 heteroatoms. The zero-order valence-electron chi connectivity index (χ0n) is 11.5. The Kier molecular flexibility index (Phi) is 4.04. The van der Waals surface area contributed by atoms with Gasteiger partial charge in [-0.15, -0.1) is 0 Å². The Hall–Kier alpha value is -1.62. The van der Waals surface area contributed by atoms with E-state index in [9.17, 15) is 0 Å². The predicted octanol–water partition coefficient (Wildman–Crippen LogP) is 3.57. The van der Waals surface area contributed by atoms with E-state index in [1.807, 2.05) is 33.9 Å². The number of rotatable bonds is 4. The molecule has 102 valence electrons. The van der Waals surface area contributed by atoms with Crippen LogP contribution in [0.3, 0.4) is 0 Å². The fraction of sp³-hybridized carbons (Fsp3) is 0.462. The maximum atomic E-state index is 6.11. The molecule has 2 aromatic heterocycles. The third-order valence-electron chi connectivity index (χ3n) is 2.72. The largest absolute Gasteiger partial charge is 0.435 e. The highest BCUT2D eigenvalue weighted by atomic mass is 35.5. The van der Waals surface area contributed by atoms with Crippen LogP contribution in [0.2, 0.25) is 5.15 Å². The molecular weight excluding hydrogens is 264 g/mol. The molecule has 0 saturated carbocycles. The van der Waals surface area contributed by atoms with Crippen LogP contribution in [0.4, 0.5) is 0 Å². The molecule has 0 unspecified atom stereocenters. The summed E-state index contributed by atoms with van der Waals surface area (Å²) in [4.78, 5) is 8.66. The molecule has 0 spiro atoms. The first-order chi connectivity index (χ1) is 9.01. The minimum atomic E-state index is 0.193. The van der Waals surface area contributed by atoms with Crippen LogP contribution in [-0.4, -0.2) is 19.7 Å². The van der Waals surface area contributed by atoms with E-state index in [-0.39, 0.29) is 5.92 Å². The lowest BCUT2D eigenvalue weighted by atomic mass is 10.2. The Balaban J connectivity index is 2.33. The van der Waals surface area contributed by atoms with Crippen LogP contribution >= 0.6 is 11.6 Å². The third kappa shape index (κ3) is 3.04. The molecule has 2 rings (SSSR count). The number of halogens is 1. The van der Waals surface area contributed by atoms with Crippen LogP contribution in [0.5, 0.6) is 11.6 Å². The highest BCUT2D eigenvalue weighted by Gasteiger charge is 2.14. The van der Waals surface area contributed by atoms with Gasteiger partial charge in [0.25, 0.3) is 0 Å². The van der Waals surface area contributed by atoms with Gasteiger partial charge in [0.15, 0.2) is 5.75 Å². The van der Waals surface area contributed by atoms with E-state index < -0.39 is 0 Å². The van der Waals surface area contributed by atoms with Crippen molar-refractivity contribution in [1.82, 2.24) is 19.7 Å². The van der Waals surface area contributed by atoms with Gasteiger partial charge in [0.05, 0.1) is 12.4 Å². The molecule has 0 aliphatic carbocycles. The second-order valence-electron chi connectivity index (χ2n) is 4.59. The van der Waals surface area contributed by atoms with Crippen molar-refractivity contribution in [3.63, 3.8) is 0 Å². The number of ether oxygens (including phenoxy) is 1. The Morgan fingerprint density at radius 1 is 1.37 bits per heavy atom. The summed E-state index contributed by atoms with van der Waals surface area (Å²) in [7, 11) is 0. The van der Waals surface area contributed by atoms with E-state index in [2.05, 4.69) is 15.1 Å². The summed E-state index contributed by atoms with van der Waals surface area (Å²) in [6, 6.07) is 0. The van der Waals surface area contributed by atoms with Gasteiger partial charge >= 0.3 is 0 Å². The molecule has 0 atom stereocenters. The number of aryl methyl sites for hydroxylation is 1. The summed E-state index contributed by atoms with van der Waals surface area (Å²) in [6.07, 6.45) is 3.48. The zero-order valence-corrected chi connectivity index (χ0v) is 12.3. The third-order valence-corrected chi connectivity index (χ3v) is 3.09. The minimum absolute atomic E-state index is 0.193. The lowest BCUT2D eigenvalue weighted by Crippen LogP contribution is -2.02. The first-order valence-electron chi connectivity index (χ1n) is 6.25. The first kappa shape index (κ1) is 13.8. The molecule has 5 nitrogen and oxygen atoms in total. The maximum Gasteiger partial charge on any atom is 0.227 e. The van der Waals surface area contributed by atoms with Crippen molar-refractivity contribution >= 4 is 11.6 Å². The van der Waals surface area contributed by atoms with Crippen molar-refractivity contribution in [2.24, 2.45) is 0 Å². The molecule has 0 aromatic carbocycles. The zero-order chi connectivity index (χ0) is 14.0. The van der Waals surface area contributed by atoms with Gasteiger partial charge in [0.1, 0.15) is 11.0 Å². The van der Waals surface area contributed by atoms with Crippen LogP contribution in [-0.2, 0) is 6.54 Å². The van der Waals surface area contributed by atoms with Gasteiger partial charge in [-0.25, -0.2) is 4.98 Å². The second kappa shape index (κ2) is 5.57. The summed E-state index contributed by atoms with van der Waals surface area (Å²) < 4.78 is 7.53. The highest BCUT2D eigenvalue weighted by Crippen LogP contribution is 2.28. The van der Waals surface area contributed by atoms with Crippen LogP contribution in [0.25, 0.3) is 0 Å². The van der Waals surface area contributed by atoms with Crippen molar-refractivity contribution < 1.29 is 4.74 Å². The molecule has 0 fully saturated rings. The molecule has 0 aliphatic heterocycles. The average molecular weight is 281 g/mol. The molecule has 19 heavy (non-hydrogen) atoms. The van der Waals surface area contributed by atoms with Gasteiger partial charge < -0.3 is 4.74 Å². The quantitative estimate of drug-likeness (QED) is 0.804. The van der Waals surface area contributed by atoms with Gasteiger partial charge in [-0.1, -0.05) is 25.4 Å². The van der Waals surface area contributed by atoms with E-state index in [0.29, 0.717) is 22.6 Å². The number of aromatic nitrogens is 4. The minimum Gasteiger partial charge on any atom is -0.435 e. The summed E-state index contributed by atoms with van der Waals surface area (Å²) in [5.74, 6) is 2.00. The molecule has 0 amide bonds. The van der Waals surface area contributed by atoms with Crippen LogP contribution < -0.4 is 4.74 Å². The SMILES string of the molecule is CCn1cc(Oc2nc(C(C)C)nc(Cl)c2C)cn1. The topological polar surface area (TPSA) is 52.8 Å². The smallest absolute Gasteiger partial charge is 0.227 e. The van der Waals surface area contributed by atoms with Crippen molar-refractivity contribution in [2.75, 3.05) is 0 Å². The van der Waals surface area contributed by atoms with Crippen molar-refractivity contribution in [3.8, 4) is 11.6 Å². The molecule has 2 aromatic rings. The lowest BCUT2D eigenvalue weighted by molar-refractivity contribution is 0.451. The van der Waals surface area contributed by atoms with E-state index in [4.69, 9.17) is 16.3 Å². The number of nitrogens with zero attached hydrogens (tertiary/aromatic N) is 4. The molecule has 0 saturated heterocycles. The van der Waals surface area contributed by atoms with Crippen LogP contribution in [0, 0.1) is 6.92 Å². The van der Waals surface area contributed by atoms with Crippen molar-refractivity contribution in [2.45, 2.75) is 40.2 Å². The summed E-state index contributed by atoms with van der Waals surface area (Å²) in [6.45, 7) is 8.68. The summed E-state index contributed by atoms with van der Waals surface area (Å²) in [5, 5.41) is 4.58. The first-order valence-corrected chi connectivity index (χ1v) is 6.63. The fourth-order valence-electron chi connectivity index (χ4n) is 1.52. The second-order valence-corrected chi connectivity index (χ2v) is 4.95. The normalized spacial score (nSPS) is 11.1. The number of hydrogen-bond acceptors (Lipinski definition) is 4. The Morgan fingerprint density at radius 2 is 2.11 bits per heavy atom. The van der Waals surface area contributed by atoms with Gasteiger partial charge in [-0.05, 0) is 13.8 Å². The molecule has 2 heterocycles. The van der Waals surface area contributed by atoms with E-state index in [1.54, 1.807) is 10.9 Å². The highest BCUT2D eigenvalue weighted by molar-refractivity contribution is 6.30. The lowest BCUT2D eigenvalue weighted by Gasteiger charge is -2.10. The van der Waals surface area contributed by atoms with Gasteiger partial charge in [-0.2, -0.15) is 10.1 Å². The Labute approximate surface area is 117 Å². The number of hydrogen-bond donors (Lipinski definition) is 0. The van der Waals surface area contributed by atoms with E-state index >= 15 is 0 Å². The average Bonchev–Trinajstić information content (AvgIpc) is 2.82. The molecule has 0 N–H and O–H groups in total. The predicted molar refractivity (Wildman–Crippen MR) is 73.8 cm³/mol. The Bertz CT molecular complexity index is 580. The summed E-state index contributed by atoms with van der Waals surface area (Å²) in [5.41, 5.74) is 0.732. The standard InChI is InChI=1S/C13H17ClN4O/c1-5-18-7-10(6-15-18)19-13-9(4)11(14)16-12(17-13)8(2)3/h6-8H,5H2,1-4H3. The molecular formula is C13H17ClN4O. The van der Waals surface area contributed by atoms with Crippen LogP contribution in [0.15, 0.2) is 12.4 Å². The van der Waals surface area contributed by atoms with Gasteiger partial charge in [-0.3, -0.25) is 4.68 Å². The summed E-state index contributed by atoms with van der Waals surface area (Å²) >= 11 is 6.11. The van der Waals surface area contributed by atoms with Crippen LogP contribution in [0.1, 0.15) is 38.1 Å². The fourth-order valence-corrected chi connectivity index (χ4v) is 1.69. The molecule has 0 radical (unpaired) electrons. The van der Waals surface area contributed by atoms with Gasteiger partial charge in [0.2, 0.25) is 5.88 Å². The van der Waals surface area contributed by atoms with Crippen molar-refractivity contribution in [1.29, 1.82) is 0 Å².